The van der Waals surface area contributed by atoms with E-state index in [0.717, 1.165) is 0 Å². The molecular formula is C12H9ClF3N3O2. The first-order valence-corrected chi connectivity index (χ1v) is 6.26. The topological polar surface area (TPSA) is 68.0 Å². The number of carbonyl (C=O) groups excluding carboxylic acids is 1. The zero-order chi connectivity index (χ0) is 15.5. The fourth-order valence-electron chi connectivity index (χ4n) is 1.48. The highest BCUT2D eigenvalue weighted by atomic mass is 35.5. The Kier molecular flexibility index (Phi) is 4.46. The first-order chi connectivity index (χ1) is 9.89. The molecule has 1 aromatic heterocycles. The molecule has 0 saturated carbocycles. The van der Waals surface area contributed by atoms with Crippen LogP contribution in [0.1, 0.15) is 16.2 Å². The molecule has 2 rings (SSSR count). The third-order valence-corrected chi connectivity index (χ3v) is 2.67. The van der Waals surface area contributed by atoms with Crippen LogP contribution in [0.3, 0.4) is 0 Å². The largest absolute Gasteiger partial charge is 0.405 e. The van der Waals surface area contributed by atoms with E-state index in [0.29, 0.717) is 5.56 Å². The fourth-order valence-corrected chi connectivity index (χ4v) is 1.59. The summed E-state index contributed by atoms with van der Waals surface area (Å²) in [7, 11) is 0. The number of hydrogen-bond acceptors (Lipinski definition) is 4. The second-order valence-corrected chi connectivity index (χ2v) is 4.29. The zero-order valence-corrected chi connectivity index (χ0v) is 11.2. The van der Waals surface area contributed by atoms with Crippen LogP contribution in [0.25, 0.3) is 11.4 Å². The van der Waals surface area contributed by atoms with E-state index in [1.54, 1.807) is 5.32 Å². The SMILES string of the molecule is O=C(NCC(F)(F)F)c1ccc(-c2noc(CCl)n2)cc1. The maximum Gasteiger partial charge on any atom is 0.405 e. The van der Waals surface area contributed by atoms with E-state index in [1.165, 1.54) is 24.3 Å². The summed E-state index contributed by atoms with van der Waals surface area (Å²) in [4.78, 5) is 15.5. The predicted molar refractivity (Wildman–Crippen MR) is 67.7 cm³/mol. The third-order valence-electron chi connectivity index (χ3n) is 2.44. The van der Waals surface area contributed by atoms with Crippen LogP contribution >= 0.6 is 11.6 Å². The molecule has 21 heavy (non-hydrogen) atoms. The molecule has 0 radical (unpaired) electrons. The van der Waals surface area contributed by atoms with Gasteiger partial charge in [-0.2, -0.15) is 18.2 Å². The van der Waals surface area contributed by atoms with Crippen LogP contribution in [0.2, 0.25) is 0 Å². The Labute approximate surface area is 122 Å². The van der Waals surface area contributed by atoms with Crippen molar-refractivity contribution in [3.05, 3.63) is 35.7 Å². The Bertz CT molecular complexity index is 625. The molecule has 0 bridgehead atoms. The highest BCUT2D eigenvalue weighted by Gasteiger charge is 2.27. The molecule has 0 aliphatic heterocycles. The van der Waals surface area contributed by atoms with Gasteiger partial charge >= 0.3 is 6.18 Å². The number of aromatic nitrogens is 2. The van der Waals surface area contributed by atoms with Crippen LogP contribution in [0, 0.1) is 0 Å². The van der Waals surface area contributed by atoms with Gasteiger partial charge in [-0.25, -0.2) is 0 Å². The number of nitrogens with zero attached hydrogens (tertiary/aromatic N) is 2. The van der Waals surface area contributed by atoms with E-state index in [4.69, 9.17) is 16.1 Å². The summed E-state index contributed by atoms with van der Waals surface area (Å²) < 4.78 is 40.8. The van der Waals surface area contributed by atoms with Crippen molar-refractivity contribution >= 4 is 17.5 Å². The van der Waals surface area contributed by atoms with Gasteiger partial charge in [0.2, 0.25) is 11.7 Å². The molecule has 0 fully saturated rings. The molecule has 9 heteroatoms. The molecule has 0 spiro atoms. The van der Waals surface area contributed by atoms with Crippen LogP contribution in [0.15, 0.2) is 28.8 Å². The lowest BCUT2D eigenvalue weighted by molar-refractivity contribution is -0.123. The lowest BCUT2D eigenvalue weighted by Crippen LogP contribution is -2.33. The lowest BCUT2D eigenvalue weighted by Gasteiger charge is -2.08. The molecule has 0 aliphatic rings. The maximum absolute atomic E-state index is 12.0. The smallest absolute Gasteiger partial charge is 0.343 e. The molecule has 1 aromatic carbocycles. The molecule has 0 aliphatic carbocycles. The maximum atomic E-state index is 12.0. The Hall–Kier alpha value is -2.09. The Balaban J connectivity index is 2.06. The van der Waals surface area contributed by atoms with Crippen molar-refractivity contribution in [1.82, 2.24) is 15.5 Å². The molecule has 0 saturated heterocycles. The van der Waals surface area contributed by atoms with E-state index in [-0.39, 0.29) is 23.2 Å². The van der Waals surface area contributed by atoms with Crippen molar-refractivity contribution in [2.75, 3.05) is 6.54 Å². The second kappa shape index (κ2) is 6.13. The Morgan fingerprint density at radius 1 is 1.29 bits per heavy atom. The predicted octanol–water partition coefficient (Wildman–Crippen LogP) is 2.77. The molecule has 2 aromatic rings. The molecule has 1 amide bonds. The van der Waals surface area contributed by atoms with Crippen molar-refractivity contribution in [3.8, 4) is 11.4 Å². The van der Waals surface area contributed by atoms with E-state index in [9.17, 15) is 18.0 Å². The highest BCUT2D eigenvalue weighted by molar-refractivity contribution is 6.16. The minimum Gasteiger partial charge on any atom is -0.343 e. The molecular weight excluding hydrogens is 311 g/mol. The number of amides is 1. The minimum atomic E-state index is -4.45. The van der Waals surface area contributed by atoms with Gasteiger partial charge in [0.15, 0.2) is 0 Å². The zero-order valence-electron chi connectivity index (χ0n) is 10.4. The summed E-state index contributed by atoms with van der Waals surface area (Å²) in [5, 5.41) is 5.46. The van der Waals surface area contributed by atoms with Gasteiger partial charge in [-0.3, -0.25) is 4.79 Å². The van der Waals surface area contributed by atoms with Gasteiger partial charge in [-0.1, -0.05) is 17.3 Å². The first-order valence-electron chi connectivity index (χ1n) is 5.73. The normalized spacial score (nSPS) is 11.4. The number of benzene rings is 1. The number of hydrogen-bond donors (Lipinski definition) is 1. The van der Waals surface area contributed by atoms with Crippen molar-refractivity contribution < 1.29 is 22.5 Å². The van der Waals surface area contributed by atoms with Crippen molar-refractivity contribution in [2.45, 2.75) is 12.1 Å². The van der Waals surface area contributed by atoms with Crippen LogP contribution in [0.4, 0.5) is 13.2 Å². The van der Waals surface area contributed by atoms with Crippen LogP contribution in [-0.4, -0.2) is 28.8 Å². The number of halogens is 4. The quantitative estimate of drug-likeness (QED) is 0.880. The molecule has 112 valence electrons. The summed E-state index contributed by atoms with van der Waals surface area (Å²) in [6.45, 7) is -1.38. The van der Waals surface area contributed by atoms with E-state index in [2.05, 4.69) is 10.1 Å². The Morgan fingerprint density at radius 3 is 2.48 bits per heavy atom. The molecule has 5 nitrogen and oxygen atoms in total. The van der Waals surface area contributed by atoms with Gasteiger partial charge in [0.05, 0.1) is 0 Å². The number of rotatable bonds is 4. The highest BCUT2D eigenvalue weighted by Crippen LogP contribution is 2.17. The standard InChI is InChI=1S/C12H9ClF3N3O2/c13-5-9-18-10(19-21-9)7-1-3-8(4-2-7)11(20)17-6-12(14,15)16/h1-4H,5-6H2,(H,17,20). The van der Waals surface area contributed by atoms with Gasteiger partial charge < -0.3 is 9.84 Å². The van der Waals surface area contributed by atoms with Crippen molar-refractivity contribution in [1.29, 1.82) is 0 Å². The van der Waals surface area contributed by atoms with E-state index < -0.39 is 18.6 Å². The van der Waals surface area contributed by atoms with Crippen molar-refractivity contribution in [2.24, 2.45) is 0 Å². The summed E-state index contributed by atoms with van der Waals surface area (Å²) >= 11 is 5.52. The number of nitrogens with one attached hydrogen (secondary N) is 1. The van der Waals surface area contributed by atoms with Gasteiger partial charge in [0.25, 0.3) is 5.91 Å². The number of carbonyl (C=O) groups is 1. The average Bonchev–Trinajstić information content (AvgIpc) is 2.93. The van der Waals surface area contributed by atoms with E-state index >= 15 is 0 Å². The van der Waals surface area contributed by atoms with Gasteiger partial charge in [-0.15, -0.1) is 11.6 Å². The summed E-state index contributed by atoms with van der Waals surface area (Å²) in [6, 6.07) is 5.76. The second-order valence-electron chi connectivity index (χ2n) is 4.02. The molecule has 0 atom stereocenters. The monoisotopic (exact) mass is 319 g/mol. The molecule has 1 N–H and O–H groups in total. The molecule has 0 unspecified atom stereocenters. The van der Waals surface area contributed by atoms with Gasteiger partial charge in [0.1, 0.15) is 12.4 Å². The first kappa shape index (κ1) is 15.3. The Morgan fingerprint density at radius 2 is 1.95 bits per heavy atom. The van der Waals surface area contributed by atoms with Crippen LogP contribution in [-0.2, 0) is 5.88 Å². The molecule has 1 heterocycles. The van der Waals surface area contributed by atoms with Crippen LogP contribution < -0.4 is 5.32 Å². The van der Waals surface area contributed by atoms with Gasteiger partial charge in [0, 0.05) is 11.1 Å². The van der Waals surface area contributed by atoms with E-state index in [1.807, 2.05) is 0 Å². The van der Waals surface area contributed by atoms with Crippen molar-refractivity contribution in [3.63, 3.8) is 0 Å². The summed E-state index contributed by atoms with van der Waals surface area (Å²) in [5.41, 5.74) is 0.659. The average molecular weight is 320 g/mol. The van der Waals surface area contributed by atoms with Crippen LogP contribution in [0.5, 0.6) is 0 Å². The minimum absolute atomic E-state index is 0.0743. The lowest BCUT2D eigenvalue weighted by atomic mass is 10.1. The summed E-state index contributed by atoms with van der Waals surface area (Å²) in [6.07, 6.45) is -4.45. The summed E-state index contributed by atoms with van der Waals surface area (Å²) in [5.74, 6) is -0.203. The number of alkyl halides is 4. The third kappa shape index (κ3) is 4.19. The van der Waals surface area contributed by atoms with Gasteiger partial charge in [-0.05, 0) is 12.1 Å². The fraction of sp³-hybridized carbons (Fsp3) is 0.250.